The maximum Gasteiger partial charge on any atom is 0.313 e. The topological polar surface area (TPSA) is 96.9 Å². The third-order valence-corrected chi connectivity index (χ3v) is 4.44. The first kappa shape index (κ1) is 18.7. The lowest BCUT2D eigenvalue weighted by molar-refractivity contribution is -0.136. The Morgan fingerprint density at radius 2 is 1.85 bits per heavy atom. The minimum atomic E-state index is -1.38. The van der Waals surface area contributed by atoms with E-state index in [-0.39, 0.29) is 13.3 Å². The van der Waals surface area contributed by atoms with Crippen molar-refractivity contribution < 1.29 is 24.2 Å². The number of rotatable bonds is 5. The highest BCUT2D eigenvalue weighted by molar-refractivity contribution is 6.39. The van der Waals surface area contributed by atoms with Crippen LogP contribution < -0.4 is 20.1 Å². The Kier molecular flexibility index (Phi) is 5.32. The van der Waals surface area contributed by atoms with E-state index in [1.807, 2.05) is 19.1 Å². The van der Waals surface area contributed by atoms with Gasteiger partial charge < -0.3 is 25.2 Å². The molecule has 0 aromatic heterocycles. The van der Waals surface area contributed by atoms with Gasteiger partial charge in [0.15, 0.2) is 11.5 Å². The number of hydrogen-bond acceptors (Lipinski definition) is 5. The Bertz CT molecular complexity index is 863. The highest BCUT2D eigenvalue weighted by Gasteiger charge is 2.28. The Morgan fingerprint density at radius 3 is 2.63 bits per heavy atom. The molecule has 2 aromatic carbocycles. The zero-order chi connectivity index (χ0) is 19.4. The molecule has 7 heteroatoms. The van der Waals surface area contributed by atoms with E-state index in [2.05, 4.69) is 10.6 Å². The zero-order valence-corrected chi connectivity index (χ0v) is 15.2. The minimum Gasteiger partial charge on any atom is -0.454 e. The van der Waals surface area contributed by atoms with Crippen LogP contribution in [0, 0.1) is 0 Å². The van der Waals surface area contributed by atoms with Crippen molar-refractivity contribution in [3.8, 4) is 11.5 Å². The number of hydrogen-bond donors (Lipinski definition) is 3. The molecule has 0 spiro atoms. The van der Waals surface area contributed by atoms with E-state index in [0.717, 1.165) is 12.0 Å². The molecule has 142 valence electrons. The van der Waals surface area contributed by atoms with E-state index < -0.39 is 17.4 Å². The number of fused-ring (bicyclic) bond motifs is 1. The van der Waals surface area contributed by atoms with Crippen molar-refractivity contribution in [2.75, 3.05) is 18.7 Å². The maximum atomic E-state index is 12.1. The second kappa shape index (κ2) is 7.67. The molecule has 2 amide bonds. The summed E-state index contributed by atoms with van der Waals surface area (Å²) in [4.78, 5) is 24.3. The lowest BCUT2D eigenvalue weighted by Crippen LogP contribution is -2.43. The first-order valence-corrected chi connectivity index (χ1v) is 8.70. The molecule has 0 saturated carbocycles. The average Bonchev–Trinajstić information content (AvgIpc) is 3.14. The molecule has 1 heterocycles. The fourth-order valence-electron chi connectivity index (χ4n) is 2.80. The van der Waals surface area contributed by atoms with E-state index in [1.54, 1.807) is 37.3 Å². The number of ether oxygens (including phenoxy) is 2. The standard InChI is InChI=1S/C20H22N2O5/c1-3-13-6-4-5-7-15(13)22-19(24)18(23)21-11-20(2,25)14-8-9-16-17(10-14)27-12-26-16/h4-10,25H,3,11-12H2,1-2H3,(H,21,23)(H,22,24). The third kappa shape index (κ3) is 4.20. The first-order chi connectivity index (χ1) is 12.9. The molecule has 0 saturated heterocycles. The SMILES string of the molecule is CCc1ccccc1NC(=O)C(=O)NCC(C)(O)c1ccc2c(c1)OCO2. The molecule has 3 N–H and O–H groups in total. The number of nitrogens with one attached hydrogen (secondary N) is 2. The van der Waals surface area contributed by atoms with Gasteiger partial charge in [0.1, 0.15) is 5.60 Å². The predicted octanol–water partition coefficient (Wildman–Crippen LogP) is 1.94. The van der Waals surface area contributed by atoms with E-state index in [4.69, 9.17) is 9.47 Å². The van der Waals surface area contributed by atoms with Crippen LogP contribution in [0.15, 0.2) is 42.5 Å². The second-order valence-corrected chi connectivity index (χ2v) is 6.49. The highest BCUT2D eigenvalue weighted by atomic mass is 16.7. The summed E-state index contributed by atoms with van der Waals surface area (Å²) in [6.45, 7) is 3.52. The van der Waals surface area contributed by atoms with Gasteiger partial charge in [-0.05, 0) is 42.7 Å². The lowest BCUT2D eigenvalue weighted by Gasteiger charge is -2.24. The van der Waals surface area contributed by atoms with Crippen LogP contribution in [0.1, 0.15) is 25.0 Å². The van der Waals surface area contributed by atoms with Crippen LogP contribution in [0.2, 0.25) is 0 Å². The Morgan fingerprint density at radius 1 is 1.11 bits per heavy atom. The Hall–Kier alpha value is -3.06. The molecule has 0 bridgehead atoms. The summed E-state index contributed by atoms with van der Waals surface area (Å²) in [5, 5.41) is 15.8. The van der Waals surface area contributed by atoms with Crippen molar-refractivity contribution in [1.29, 1.82) is 0 Å². The minimum absolute atomic E-state index is 0.131. The number of aliphatic hydroxyl groups is 1. The van der Waals surface area contributed by atoms with Gasteiger partial charge in [0.2, 0.25) is 6.79 Å². The molecule has 0 fully saturated rings. The van der Waals surface area contributed by atoms with Crippen molar-refractivity contribution in [3.63, 3.8) is 0 Å². The third-order valence-electron chi connectivity index (χ3n) is 4.44. The van der Waals surface area contributed by atoms with Gasteiger partial charge in [0.05, 0.1) is 6.54 Å². The molecule has 2 aromatic rings. The van der Waals surface area contributed by atoms with Crippen molar-refractivity contribution in [2.24, 2.45) is 0 Å². The van der Waals surface area contributed by atoms with Gasteiger partial charge in [-0.3, -0.25) is 9.59 Å². The molecular formula is C20H22N2O5. The number of aryl methyl sites for hydroxylation is 1. The van der Waals surface area contributed by atoms with Crippen molar-refractivity contribution in [1.82, 2.24) is 5.32 Å². The number of amides is 2. The average molecular weight is 370 g/mol. The van der Waals surface area contributed by atoms with Gasteiger partial charge in [-0.25, -0.2) is 0 Å². The second-order valence-electron chi connectivity index (χ2n) is 6.49. The van der Waals surface area contributed by atoms with Gasteiger partial charge in [-0.15, -0.1) is 0 Å². The fourth-order valence-corrected chi connectivity index (χ4v) is 2.80. The molecule has 0 radical (unpaired) electrons. The molecule has 3 rings (SSSR count). The molecule has 1 unspecified atom stereocenters. The molecule has 1 aliphatic rings. The molecule has 0 aliphatic carbocycles. The van der Waals surface area contributed by atoms with Gasteiger partial charge >= 0.3 is 11.8 Å². The van der Waals surface area contributed by atoms with Gasteiger partial charge in [-0.2, -0.15) is 0 Å². The van der Waals surface area contributed by atoms with Crippen LogP contribution in [0.3, 0.4) is 0 Å². The summed E-state index contributed by atoms with van der Waals surface area (Å²) in [6.07, 6.45) is 0.733. The Balaban J connectivity index is 1.61. The van der Waals surface area contributed by atoms with Crippen LogP contribution in [0.4, 0.5) is 5.69 Å². The smallest absolute Gasteiger partial charge is 0.313 e. The summed E-state index contributed by atoms with van der Waals surface area (Å²) in [7, 11) is 0. The van der Waals surface area contributed by atoms with Crippen molar-refractivity contribution in [2.45, 2.75) is 25.9 Å². The number of benzene rings is 2. The largest absolute Gasteiger partial charge is 0.454 e. The maximum absolute atomic E-state index is 12.1. The van der Waals surface area contributed by atoms with Crippen molar-refractivity contribution in [3.05, 3.63) is 53.6 Å². The summed E-state index contributed by atoms with van der Waals surface area (Å²) in [6, 6.07) is 12.3. The lowest BCUT2D eigenvalue weighted by atomic mass is 9.95. The molecule has 1 aliphatic heterocycles. The van der Waals surface area contributed by atoms with Crippen LogP contribution in [-0.4, -0.2) is 30.3 Å². The van der Waals surface area contributed by atoms with E-state index in [0.29, 0.717) is 22.7 Å². The van der Waals surface area contributed by atoms with Gasteiger partial charge in [0.25, 0.3) is 0 Å². The summed E-state index contributed by atoms with van der Waals surface area (Å²) in [5.74, 6) is -0.458. The number of anilines is 1. The summed E-state index contributed by atoms with van der Waals surface area (Å²) < 4.78 is 10.5. The molecule has 27 heavy (non-hydrogen) atoms. The normalized spacial score (nSPS) is 14.3. The monoisotopic (exact) mass is 370 g/mol. The number of carbonyl (C=O) groups excluding carboxylic acids is 2. The van der Waals surface area contributed by atoms with E-state index in [1.165, 1.54) is 0 Å². The highest BCUT2D eigenvalue weighted by Crippen LogP contribution is 2.35. The van der Waals surface area contributed by atoms with Crippen molar-refractivity contribution >= 4 is 17.5 Å². The number of carbonyl (C=O) groups is 2. The summed E-state index contributed by atoms with van der Waals surface area (Å²) >= 11 is 0. The fraction of sp³-hybridized carbons (Fsp3) is 0.300. The quantitative estimate of drug-likeness (QED) is 0.699. The van der Waals surface area contributed by atoms with Crippen LogP contribution >= 0.6 is 0 Å². The predicted molar refractivity (Wildman–Crippen MR) is 99.6 cm³/mol. The molecule has 7 nitrogen and oxygen atoms in total. The first-order valence-electron chi connectivity index (χ1n) is 8.70. The summed E-state index contributed by atoms with van der Waals surface area (Å²) in [5.41, 5.74) is 0.704. The van der Waals surface area contributed by atoms with Crippen LogP contribution in [-0.2, 0) is 21.6 Å². The molecular weight excluding hydrogens is 348 g/mol. The number of para-hydroxylation sites is 1. The molecule has 1 atom stereocenters. The Labute approximate surface area is 157 Å². The zero-order valence-electron chi connectivity index (χ0n) is 15.2. The van der Waals surface area contributed by atoms with E-state index in [9.17, 15) is 14.7 Å². The van der Waals surface area contributed by atoms with Crippen LogP contribution in [0.25, 0.3) is 0 Å². The van der Waals surface area contributed by atoms with Gasteiger partial charge in [0, 0.05) is 5.69 Å². The van der Waals surface area contributed by atoms with E-state index >= 15 is 0 Å². The van der Waals surface area contributed by atoms with Gasteiger partial charge in [-0.1, -0.05) is 31.2 Å². The van der Waals surface area contributed by atoms with Crippen LogP contribution in [0.5, 0.6) is 11.5 Å².